The van der Waals surface area contributed by atoms with Crippen molar-refractivity contribution >= 4 is 21.8 Å². The summed E-state index contributed by atoms with van der Waals surface area (Å²) in [5, 5.41) is 5.60. The van der Waals surface area contributed by atoms with Crippen molar-refractivity contribution in [2.45, 2.75) is 30.2 Å². The van der Waals surface area contributed by atoms with Crippen LogP contribution >= 0.6 is 0 Å². The minimum absolute atomic E-state index is 0.00174. The summed E-state index contributed by atoms with van der Waals surface area (Å²) in [4.78, 5) is 25.5. The van der Waals surface area contributed by atoms with Crippen LogP contribution in [0, 0.1) is 0 Å². The van der Waals surface area contributed by atoms with Crippen molar-refractivity contribution in [3.8, 4) is 0 Å². The topological polar surface area (TPSA) is 108 Å². The van der Waals surface area contributed by atoms with E-state index >= 15 is 0 Å². The molecule has 3 N–H and O–H groups in total. The van der Waals surface area contributed by atoms with E-state index in [9.17, 15) is 18.0 Å². The minimum Gasteiger partial charge on any atom is -0.354 e. The van der Waals surface area contributed by atoms with E-state index in [1.54, 1.807) is 12.1 Å². The van der Waals surface area contributed by atoms with Crippen molar-refractivity contribution in [3.63, 3.8) is 0 Å². The predicted octanol–water partition coefficient (Wildman–Crippen LogP) is -0.321. The van der Waals surface area contributed by atoms with E-state index in [-0.39, 0.29) is 29.3 Å². The highest BCUT2D eigenvalue weighted by Gasteiger charge is 2.24. The number of amides is 2. The van der Waals surface area contributed by atoms with Crippen LogP contribution in [0.1, 0.15) is 29.6 Å². The summed E-state index contributed by atoms with van der Waals surface area (Å²) >= 11 is 0. The Kier molecular flexibility index (Phi) is 5.90. The molecule has 1 aliphatic heterocycles. The van der Waals surface area contributed by atoms with Crippen LogP contribution in [0.4, 0.5) is 0 Å². The molecular weight excluding hydrogens is 356 g/mol. The van der Waals surface area contributed by atoms with Crippen molar-refractivity contribution in [1.29, 1.82) is 0 Å². The molecule has 1 saturated heterocycles. The quantitative estimate of drug-likeness (QED) is 0.536. The van der Waals surface area contributed by atoms with Crippen molar-refractivity contribution in [2.75, 3.05) is 32.7 Å². The molecule has 1 aromatic rings. The van der Waals surface area contributed by atoms with Crippen molar-refractivity contribution < 1.29 is 18.0 Å². The van der Waals surface area contributed by atoms with Crippen LogP contribution in [-0.2, 0) is 14.8 Å². The van der Waals surface area contributed by atoms with Crippen molar-refractivity contribution in [3.05, 3.63) is 29.8 Å². The highest BCUT2D eigenvalue weighted by Crippen LogP contribution is 2.20. The normalized spacial score (nSPS) is 18.4. The van der Waals surface area contributed by atoms with Gasteiger partial charge in [0.05, 0.1) is 11.4 Å². The second-order valence-electron chi connectivity index (χ2n) is 6.65. The van der Waals surface area contributed by atoms with Crippen LogP contribution in [0.3, 0.4) is 0 Å². The first-order chi connectivity index (χ1) is 12.4. The maximum absolute atomic E-state index is 12.4. The van der Waals surface area contributed by atoms with Crippen LogP contribution in [0.2, 0.25) is 0 Å². The van der Waals surface area contributed by atoms with Crippen LogP contribution < -0.4 is 15.4 Å². The van der Waals surface area contributed by atoms with Gasteiger partial charge in [-0.2, -0.15) is 0 Å². The molecule has 142 valence electrons. The zero-order chi connectivity index (χ0) is 18.6. The lowest BCUT2D eigenvalue weighted by Gasteiger charge is -2.26. The molecule has 1 aromatic carbocycles. The van der Waals surface area contributed by atoms with Crippen LogP contribution in [-0.4, -0.2) is 63.9 Å². The summed E-state index contributed by atoms with van der Waals surface area (Å²) in [7, 11) is -3.67. The number of rotatable bonds is 8. The Bertz CT molecular complexity index is 777. The molecule has 0 unspecified atom stereocenters. The number of carbonyl (C=O) groups is 2. The van der Waals surface area contributed by atoms with Crippen molar-refractivity contribution in [2.24, 2.45) is 0 Å². The van der Waals surface area contributed by atoms with E-state index in [0.717, 1.165) is 19.4 Å². The number of piperazine rings is 1. The molecule has 0 spiro atoms. The predicted molar refractivity (Wildman–Crippen MR) is 96.2 cm³/mol. The van der Waals surface area contributed by atoms with Gasteiger partial charge in [0.2, 0.25) is 15.9 Å². The third kappa shape index (κ3) is 5.26. The third-order valence-electron chi connectivity index (χ3n) is 4.38. The van der Waals surface area contributed by atoms with Gasteiger partial charge in [0.1, 0.15) is 0 Å². The zero-order valence-corrected chi connectivity index (χ0v) is 15.3. The number of nitrogens with zero attached hydrogens (tertiary/aromatic N) is 1. The first-order valence-corrected chi connectivity index (χ1v) is 10.3. The van der Waals surface area contributed by atoms with Gasteiger partial charge in [-0.1, -0.05) is 6.07 Å². The molecule has 0 aromatic heterocycles. The van der Waals surface area contributed by atoms with Gasteiger partial charge in [-0.15, -0.1) is 0 Å². The molecule has 1 aliphatic carbocycles. The molecule has 0 bridgehead atoms. The third-order valence-corrected chi connectivity index (χ3v) is 5.84. The minimum atomic E-state index is -3.67. The van der Waals surface area contributed by atoms with E-state index in [1.807, 2.05) is 4.90 Å². The molecule has 1 heterocycles. The number of carbonyl (C=O) groups excluding carboxylic acids is 2. The lowest BCUT2D eigenvalue weighted by atomic mass is 10.2. The summed E-state index contributed by atoms with van der Waals surface area (Å²) in [5.74, 6) is -0.244. The standard InChI is InChI=1S/C17H24N4O4S/c22-16-12-21(10-8-18-16)9-2-7-19-26(24,25)15-4-1-3-13(11-15)17(23)20-14-5-6-14/h1,3-4,11,14,19H,2,5-10,12H2,(H,18,22)(H,20,23). The highest BCUT2D eigenvalue weighted by atomic mass is 32.2. The van der Waals surface area contributed by atoms with Crippen LogP contribution in [0.5, 0.6) is 0 Å². The molecule has 2 aliphatic rings. The second-order valence-corrected chi connectivity index (χ2v) is 8.42. The average Bonchev–Trinajstić information content (AvgIpc) is 3.43. The van der Waals surface area contributed by atoms with Gasteiger partial charge < -0.3 is 10.6 Å². The number of nitrogens with one attached hydrogen (secondary N) is 3. The van der Waals surface area contributed by atoms with E-state index in [1.165, 1.54) is 12.1 Å². The number of sulfonamides is 1. The van der Waals surface area contributed by atoms with Gasteiger partial charge in [0, 0.05) is 31.2 Å². The van der Waals surface area contributed by atoms with Gasteiger partial charge in [-0.05, 0) is 44.0 Å². The molecule has 2 amide bonds. The molecule has 9 heteroatoms. The molecule has 3 rings (SSSR count). The summed E-state index contributed by atoms with van der Waals surface area (Å²) in [6.07, 6.45) is 2.56. The van der Waals surface area contributed by atoms with E-state index in [4.69, 9.17) is 0 Å². The van der Waals surface area contributed by atoms with Gasteiger partial charge in [0.25, 0.3) is 5.91 Å². The fourth-order valence-corrected chi connectivity index (χ4v) is 3.90. The van der Waals surface area contributed by atoms with Crippen LogP contribution in [0.25, 0.3) is 0 Å². The van der Waals surface area contributed by atoms with Crippen molar-refractivity contribution in [1.82, 2.24) is 20.3 Å². The number of hydrogen-bond donors (Lipinski definition) is 3. The van der Waals surface area contributed by atoms with Gasteiger partial charge >= 0.3 is 0 Å². The van der Waals surface area contributed by atoms with Gasteiger partial charge in [0.15, 0.2) is 0 Å². The molecular formula is C17H24N4O4S. The Labute approximate surface area is 153 Å². The SMILES string of the molecule is O=C1CN(CCCNS(=O)(=O)c2cccc(C(=O)NC3CC3)c2)CCN1. The van der Waals surface area contributed by atoms with E-state index in [0.29, 0.717) is 31.6 Å². The maximum atomic E-state index is 12.4. The molecule has 8 nitrogen and oxygen atoms in total. The Hall–Kier alpha value is -1.97. The van der Waals surface area contributed by atoms with Gasteiger partial charge in [-0.25, -0.2) is 13.1 Å². The smallest absolute Gasteiger partial charge is 0.251 e. The molecule has 2 fully saturated rings. The largest absolute Gasteiger partial charge is 0.354 e. The Morgan fingerprint density at radius 1 is 1.31 bits per heavy atom. The number of hydrogen-bond acceptors (Lipinski definition) is 5. The fourth-order valence-electron chi connectivity index (χ4n) is 2.78. The summed E-state index contributed by atoms with van der Waals surface area (Å²) in [5.41, 5.74) is 0.346. The average molecular weight is 380 g/mol. The fraction of sp³-hybridized carbons (Fsp3) is 0.529. The van der Waals surface area contributed by atoms with E-state index in [2.05, 4.69) is 15.4 Å². The Morgan fingerprint density at radius 3 is 2.85 bits per heavy atom. The molecule has 0 radical (unpaired) electrons. The molecule has 0 atom stereocenters. The lowest BCUT2D eigenvalue weighted by Crippen LogP contribution is -2.48. The Morgan fingerprint density at radius 2 is 2.12 bits per heavy atom. The lowest BCUT2D eigenvalue weighted by molar-refractivity contribution is -0.124. The summed E-state index contributed by atoms with van der Waals surface area (Å²) < 4.78 is 27.4. The molecule has 26 heavy (non-hydrogen) atoms. The Balaban J connectivity index is 1.50. The monoisotopic (exact) mass is 380 g/mol. The summed E-state index contributed by atoms with van der Waals surface area (Å²) in [6.45, 7) is 2.68. The summed E-state index contributed by atoms with van der Waals surface area (Å²) in [6, 6.07) is 6.28. The highest BCUT2D eigenvalue weighted by molar-refractivity contribution is 7.89. The van der Waals surface area contributed by atoms with E-state index < -0.39 is 10.0 Å². The van der Waals surface area contributed by atoms with Gasteiger partial charge in [-0.3, -0.25) is 14.5 Å². The maximum Gasteiger partial charge on any atom is 0.251 e. The zero-order valence-electron chi connectivity index (χ0n) is 14.5. The second kappa shape index (κ2) is 8.15. The first-order valence-electron chi connectivity index (χ1n) is 8.84. The number of benzene rings is 1. The molecule has 1 saturated carbocycles. The van der Waals surface area contributed by atoms with Crippen LogP contribution in [0.15, 0.2) is 29.2 Å². The first kappa shape index (κ1) is 18.8.